The molecule has 2 rings (SSSR count). The van der Waals surface area contributed by atoms with Crippen molar-refractivity contribution in [3.05, 3.63) is 24.3 Å². The van der Waals surface area contributed by atoms with Crippen LogP contribution in [-0.2, 0) is 4.79 Å². The third-order valence-electron chi connectivity index (χ3n) is 2.35. The number of hydrogen-bond donors (Lipinski definition) is 1. The Morgan fingerprint density at radius 3 is 2.93 bits per heavy atom. The molecule has 4 heteroatoms. The molecule has 0 saturated carbocycles. The van der Waals surface area contributed by atoms with E-state index in [0.717, 1.165) is 10.6 Å². The van der Waals surface area contributed by atoms with Gasteiger partial charge in [-0.25, -0.2) is 0 Å². The fraction of sp³-hybridized carbons (Fsp3) is 0.364. The van der Waals surface area contributed by atoms with E-state index >= 15 is 0 Å². The molecule has 0 unspecified atom stereocenters. The van der Waals surface area contributed by atoms with Crippen LogP contribution in [0.1, 0.15) is 0 Å². The minimum absolute atomic E-state index is 0.00472. The lowest BCUT2D eigenvalue weighted by Gasteiger charge is -2.26. The van der Waals surface area contributed by atoms with Crippen LogP contribution in [0, 0.1) is 0 Å². The third-order valence-corrected chi connectivity index (χ3v) is 3.61. The predicted octanol–water partition coefficient (Wildman–Crippen LogP) is 1.66. The fourth-order valence-electron chi connectivity index (χ4n) is 1.54. The van der Waals surface area contributed by atoms with Crippen LogP contribution in [0.25, 0.3) is 0 Å². The molecular formula is C11H14N2OS. The van der Waals surface area contributed by atoms with Gasteiger partial charge in [0.15, 0.2) is 0 Å². The Bertz CT molecular complexity index is 379. The maximum absolute atomic E-state index is 11.8. The summed E-state index contributed by atoms with van der Waals surface area (Å²) >= 11 is 1.64. The minimum Gasteiger partial charge on any atom is -0.382 e. The van der Waals surface area contributed by atoms with Crippen molar-refractivity contribution >= 4 is 23.4 Å². The number of anilines is 1. The van der Waals surface area contributed by atoms with Crippen LogP contribution in [-0.4, -0.2) is 36.7 Å². The number of amides is 1. The Morgan fingerprint density at radius 1 is 1.47 bits per heavy atom. The van der Waals surface area contributed by atoms with E-state index in [1.54, 1.807) is 30.8 Å². The quantitative estimate of drug-likeness (QED) is 0.784. The minimum atomic E-state index is -0.00472. The lowest BCUT2D eigenvalue weighted by molar-refractivity contribution is -0.127. The highest BCUT2D eigenvalue weighted by atomic mass is 32.2. The van der Waals surface area contributed by atoms with Gasteiger partial charge in [0.25, 0.3) is 0 Å². The number of rotatable bonds is 1. The van der Waals surface area contributed by atoms with E-state index in [1.807, 2.05) is 24.3 Å². The van der Waals surface area contributed by atoms with E-state index in [9.17, 15) is 4.79 Å². The van der Waals surface area contributed by atoms with Gasteiger partial charge >= 0.3 is 0 Å². The first kappa shape index (κ1) is 10.4. The maximum atomic E-state index is 11.8. The van der Waals surface area contributed by atoms with E-state index in [2.05, 4.69) is 5.32 Å². The Balaban J connectivity index is 2.15. The van der Waals surface area contributed by atoms with Crippen molar-refractivity contribution in [3.8, 4) is 0 Å². The smallest absolute Gasteiger partial charge is 0.237 e. The van der Waals surface area contributed by atoms with Crippen LogP contribution >= 0.6 is 11.8 Å². The first-order valence-corrected chi connectivity index (χ1v) is 5.77. The van der Waals surface area contributed by atoms with Gasteiger partial charge in [-0.15, -0.1) is 11.8 Å². The molecule has 1 aromatic rings. The summed E-state index contributed by atoms with van der Waals surface area (Å²) in [5.41, 5.74) is 1.13. The van der Waals surface area contributed by atoms with E-state index < -0.39 is 0 Å². The second-order valence-electron chi connectivity index (χ2n) is 3.72. The van der Waals surface area contributed by atoms with Gasteiger partial charge in [-0.2, -0.15) is 0 Å². The second-order valence-corrected chi connectivity index (χ2v) is 4.96. The van der Waals surface area contributed by atoms with Crippen LogP contribution in [0.3, 0.4) is 0 Å². The van der Waals surface area contributed by atoms with Crippen molar-refractivity contribution in [2.45, 2.75) is 10.1 Å². The third kappa shape index (κ3) is 2.09. The van der Waals surface area contributed by atoms with Crippen LogP contribution in [0.15, 0.2) is 29.2 Å². The van der Waals surface area contributed by atoms with Gasteiger partial charge in [0.05, 0.1) is 0 Å². The zero-order chi connectivity index (χ0) is 10.8. The summed E-state index contributed by atoms with van der Waals surface area (Å²) in [4.78, 5) is 14.6. The second kappa shape index (κ2) is 4.14. The molecule has 1 heterocycles. The molecule has 1 N–H and O–H groups in total. The normalized spacial score (nSPS) is 18.9. The molecular weight excluding hydrogens is 208 g/mol. The fourth-order valence-corrected chi connectivity index (χ4v) is 2.75. The Morgan fingerprint density at radius 2 is 2.20 bits per heavy atom. The molecule has 0 saturated heterocycles. The molecule has 1 aliphatic rings. The molecule has 0 radical (unpaired) electrons. The number of hydrogen-bond acceptors (Lipinski definition) is 3. The maximum Gasteiger partial charge on any atom is 0.237 e. The van der Waals surface area contributed by atoms with Gasteiger partial charge in [0.1, 0.15) is 5.25 Å². The standard InChI is InChI=1S/C11H14N2OS/c1-13(2)11(14)10-7-12-8-5-3-4-6-9(8)15-10/h3-6,10,12H,7H2,1-2H3/t10-/m1/s1. The molecule has 0 aliphatic carbocycles. The van der Waals surface area contributed by atoms with Gasteiger partial charge in [0.2, 0.25) is 5.91 Å². The monoisotopic (exact) mass is 222 g/mol. The van der Waals surface area contributed by atoms with Gasteiger partial charge in [0, 0.05) is 31.2 Å². The van der Waals surface area contributed by atoms with Crippen LogP contribution in [0.5, 0.6) is 0 Å². The van der Waals surface area contributed by atoms with Crippen molar-refractivity contribution in [1.29, 1.82) is 0 Å². The number of para-hydroxylation sites is 1. The van der Waals surface area contributed by atoms with Crippen LogP contribution in [0.4, 0.5) is 5.69 Å². The van der Waals surface area contributed by atoms with Crippen molar-refractivity contribution in [2.75, 3.05) is 26.0 Å². The molecule has 0 spiro atoms. The molecule has 0 aromatic heterocycles. The highest BCUT2D eigenvalue weighted by molar-refractivity contribution is 8.00. The summed E-state index contributed by atoms with van der Waals surface area (Å²) in [5.74, 6) is 0.169. The Kier molecular flexibility index (Phi) is 2.86. The molecule has 80 valence electrons. The van der Waals surface area contributed by atoms with Crippen molar-refractivity contribution in [2.24, 2.45) is 0 Å². The SMILES string of the molecule is CN(C)C(=O)[C@H]1CNc2ccccc2S1. The Labute approximate surface area is 93.8 Å². The highest BCUT2D eigenvalue weighted by Gasteiger charge is 2.25. The van der Waals surface area contributed by atoms with Gasteiger partial charge in [-0.1, -0.05) is 12.1 Å². The van der Waals surface area contributed by atoms with Crippen LogP contribution in [0.2, 0.25) is 0 Å². The lowest BCUT2D eigenvalue weighted by atomic mass is 10.3. The molecule has 1 aliphatic heterocycles. The molecule has 0 bridgehead atoms. The molecule has 15 heavy (non-hydrogen) atoms. The first-order chi connectivity index (χ1) is 7.18. The van der Waals surface area contributed by atoms with E-state index in [0.29, 0.717) is 6.54 Å². The molecule has 1 aromatic carbocycles. The summed E-state index contributed by atoms with van der Waals surface area (Å²) < 4.78 is 0. The number of carbonyl (C=O) groups excluding carboxylic acids is 1. The summed E-state index contributed by atoms with van der Waals surface area (Å²) in [6.07, 6.45) is 0. The van der Waals surface area contributed by atoms with Crippen molar-refractivity contribution in [3.63, 3.8) is 0 Å². The summed E-state index contributed by atoms with van der Waals surface area (Å²) in [6, 6.07) is 8.08. The summed E-state index contributed by atoms with van der Waals surface area (Å²) in [5, 5.41) is 3.28. The van der Waals surface area contributed by atoms with Gasteiger partial charge in [-0.3, -0.25) is 4.79 Å². The Hall–Kier alpha value is -1.16. The van der Waals surface area contributed by atoms with Crippen molar-refractivity contribution < 1.29 is 4.79 Å². The summed E-state index contributed by atoms with van der Waals surface area (Å²) in [7, 11) is 3.59. The molecule has 3 nitrogen and oxygen atoms in total. The summed E-state index contributed by atoms with van der Waals surface area (Å²) in [6.45, 7) is 0.707. The number of carbonyl (C=O) groups is 1. The lowest BCUT2D eigenvalue weighted by Crippen LogP contribution is -2.37. The van der Waals surface area contributed by atoms with E-state index in [1.165, 1.54) is 0 Å². The molecule has 1 atom stereocenters. The number of thioether (sulfide) groups is 1. The van der Waals surface area contributed by atoms with Crippen LogP contribution < -0.4 is 5.32 Å². The number of benzene rings is 1. The highest BCUT2D eigenvalue weighted by Crippen LogP contribution is 2.34. The zero-order valence-electron chi connectivity index (χ0n) is 8.86. The average Bonchev–Trinajstić information content (AvgIpc) is 2.27. The van der Waals surface area contributed by atoms with Gasteiger partial charge < -0.3 is 10.2 Å². The largest absolute Gasteiger partial charge is 0.382 e. The predicted molar refractivity (Wildman–Crippen MR) is 63.3 cm³/mol. The number of fused-ring (bicyclic) bond motifs is 1. The van der Waals surface area contributed by atoms with Gasteiger partial charge in [-0.05, 0) is 12.1 Å². The van der Waals surface area contributed by atoms with E-state index in [-0.39, 0.29) is 11.2 Å². The zero-order valence-corrected chi connectivity index (χ0v) is 9.67. The van der Waals surface area contributed by atoms with E-state index in [4.69, 9.17) is 0 Å². The average molecular weight is 222 g/mol. The number of nitrogens with one attached hydrogen (secondary N) is 1. The van der Waals surface area contributed by atoms with Crippen molar-refractivity contribution in [1.82, 2.24) is 4.90 Å². The first-order valence-electron chi connectivity index (χ1n) is 4.89. The topological polar surface area (TPSA) is 32.3 Å². The molecule has 1 amide bonds. The number of nitrogens with zero attached hydrogens (tertiary/aromatic N) is 1. The molecule has 0 fully saturated rings.